The molecule has 0 spiro atoms. The minimum atomic E-state index is -0.0444. The number of fused-ring (bicyclic) bond motifs is 3. The smallest absolute Gasteiger partial charge is 0.234 e. The summed E-state index contributed by atoms with van der Waals surface area (Å²) in [6, 6.07) is 7.46. The minimum absolute atomic E-state index is 0.0444. The molecule has 2 heterocycles. The third-order valence-corrected chi connectivity index (χ3v) is 7.06. The first-order valence-electron chi connectivity index (χ1n) is 9.94. The summed E-state index contributed by atoms with van der Waals surface area (Å²) >= 11 is 3.27. The molecular formula is C22H25N3O2S2. The number of anilines is 1. The lowest BCUT2D eigenvalue weighted by atomic mass is 9.89. The van der Waals surface area contributed by atoms with Crippen LogP contribution in [0, 0.1) is 5.92 Å². The van der Waals surface area contributed by atoms with Crippen LogP contribution in [0.15, 0.2) is 35.6 Å². The van der Waals surface area contributed by atoms with E-state index < -0.39 is 0 Å². The van der Waals surface area contributed by atoms with Gasteiger partial charge in [0.1, 0.15) is 21.9 Å². The van der Waals surface area contributed by atoms with Crippen LogP contribution in [-0.4, -0.2) is 27.7 Å². The monoisotopic (exact) mass is 427 g/mol. The van der Waals surface area contributed by atoms with Crippen molar-refractivity contribution in [1.29, 1.82) is 0 Å². The van der Waals surface area contributed by atoms with Gasteiger partial charge in [0.2, 0.25) is 5.91 Å². The third-order valence-electron chi connectivity index (χ3n) is 4.91. The molecule has 7 heteroatoms. The van der Waals surface area contributed by atoms with E-state index in [1.807, 2.05) is 38.1 Å². The molecule has 0 fully saturated rings. The number of nitrogens with one attached hydrogen (secondary N) is 1. The summed E-state index contributed by atoms with van der Waals surface area (Å²) in [5, 5.41) is 5.02. The lowest BCUT2D eigenvalue weighted by Crippen LogP contribution is -2.14. The van der Waals surface area contributed by atoms with Gasteiger partial charge in [0.05, 0.1) is 11.9 Å². The molecule has 3 aromatic rings. The molecule has 1 N–H and O–H groups in total. The van der Waals surface area contributed by atoms with Crippen LogP contribution in [0.4, 0.5) is 5.69 Å². The molecule has 0 aliphatic heterocycles. The lowest BCUT2D eigenvalue weighted by molar-refractivity contribution is -0.113. The zero-order valence-corrected chi connectivity index (χ0v) is 18.5. The van der Waals surface area contributed by atoms with Gasteiger partial charge in [0, 0.05) is 16.0 Å². The Hall–Kier alpha value is -2.12. The maximum absolute atomic E-state index is 12.5. The number of thiophene rings is 1. The van der Waals surface area contributed by atoms with E-state index >= 15 is 0 Å². The Balaban J connectivity index is 1.42. The number of thioether (sulfide) groups is 1. The van der Waals surface area contributed by atoms with Gasteiger partial charge in [-0.2, -0.15) is 0 Å². The molecule has 1 amide bonds. The molecule has 1 atom stereocenters. The normalized spacial score (nSPS) is 16.1. The highest BCUT2D eigenvalue weighted by Gasteiger charge is 2.23. The number of benzene rings is 1. The Morgan fingerprint density at radius 2 is 2.10 bits per heavy atom. The molecular weight excluding hydrogens is 402 g/mol. The molecule has 2 aromatic heterocycles. The Morgan fingerprint density at radius 3 is 2.86 bits per heavy atom. The number of aromatic nitrogens is 2. The molecule has 152 valence electrons. The van der Waals surface area contributed by atoms with Crippen molar-refractivity contribution in [2.45, 2.75) is 51.2 Å². The first-order valence-corrected chi connectivity index (χ1v) is 11.7. The Labute approximate surface area is 179 Å². The minimum Gasteiger partial charge on any atom is -0.491 e. The predicted octanol–water partition coefficient (Wildman–Crippen LogP) is 5.33. The number of hydrogen-bond acceptors (Lipinski definition) is 6. The van der Waals surface area contributed by atoms with Crippen LogP contribution in [0.1, 0.15) is 37.6 Å². The van der Waals surface area contributed by atoms with Crippen molar-refractivity contribution in [2.24, 2.45) is 5.92 Å². The van der Waals surface area contributed by atoms with E-state index in [1.165, 1.54) is 28.6 Å². The van der Waals surface area contributed by atoms with Crippen LogP contribution in [0.5, 0.6) is 5.75 Å². The van der Waals surface area contributed by atoms with E-state index in [1.54, 1.807) is 17.7 Å². The Bertz CT molecular complexity index is 1010. The van der Waals surface area contributed by atoms with Crippen molar-refractivity contribution >= 4 is 44.9 Å². The van der Waals surface area contributed by atoms with Crippen LogP contribution in [0.25, 0.3) is 10.2 Å². The molecule has 29 heavy (non-hydrogen) atoms. The van der Waals surface area contributed by atoms with Gasteiger partial charge in [-0.3, -0.25) is 4.79 Å². The van der Waals surface area contributed by atoms with Crippen molar-refractivity contribution in [2.75, 3.05) is 11.1 Å². The quantitative estimate of drug-likeness (QED) is 0.425. The van der Waals surface area contributed by atoms with Crippen molar-refractivity contribution in [3.05, 3.63) is 41.0 Å². The Morgan fingerprint density at radius 1 is 1.31 bits per heavy atom. The second-order valence-electron chi connectivity index (χ2n) is 7.74. The third kappa shape index (κ3) is 4.73. The number of aryl methyl sites for hydroxylation is 1. The van der Waals surface area contributed by atoms with E-state index in [2.05, 4.69) is 22.2 Å². The largest absolute Gasteiger partial charge is 0.491 e. The van der Waals surface area contributed by atoms with Gasteiger partial charge in [-0.15, -0.1) is 11.3 Å². The zero-order chi connectivity index (χ0) is 20.4. The first kappa shape index (κ1) is 20.2. The predicted molar refractivity (Wildman–Crippen MR) is 120 cm³/mol. The Kier molecular flexibility index (Phi) is 6.06. The van der Waals surface area contributed by atoms with E-state index in [9.17, 15) is 4.79 Å². The standard InChI is InChI=1S/C22H25N3O2S2/c1-13(2)27-16-7-5-15(6-8-16)25-19(26)11-28-21-20-17-9-4-14(3)10-18(17)29-22(20)24-12-23-21/h5-8,12-14H,4,9-11H2,1-3H3,(H,25,26). The van der Waals surface area contributed by atoms with Crippen LogP contribution in [-0.2, 0) is 17.6 Å². The molecule has 4 rings (SSSR count). The van der Waals surface area contributed by atoms with Gasteiger partial charge in [-0.05, 0) is 68.9 Å². The van der Waals surface area contributed by atoms with Gasteiger partial charge in [-0.25, -0.2) is 9.97 Å². The molecule has 0 saturated carbocycles. The average molecular weight is 428 g/mol. The fourth-order valence-electron chi connectivity index (χ4n) is 3.58. The molecule has 0 bridgehead atoms. The number of amides is 1. The molecule has 1 aromatic carbocycles. The summed E-state index contributed by atoms with van der Waals surface area (Å²) < 4.78 is 5.63. The highest BCUT2D eigenvalue weighted by molar-refractivity contribution is 8.00. The van der Waals surface area contributed by atoms with Gasteiger partial charge < -0.3 is 10.1 Å². The number of carbonyl (C=O) groups is 1. The maximum atomic E-state index is 12.5. The summed E-state index contributed by atoms with van der Waals surface area (Å²) in [5.74, 6) is 1.80. The molecule has 1 aliphatic carbocycles. The number of rotatable bonds is 6. The van der Waals surface area contributed by atoms with E-state index in [0.717, 1.165) is 45.4 Å². The van der Waals surface area contributed by atoms with Crippen LogP contribution in [0.2, 0.25) is 0 Å². The number of nitrogens with zero attached hydrogens (tertiary/aromatic N) is 2. The number of hydrogen-bond donors (Lipinski definition) is 1. The van der Waals surface area contributed by atoms with E-state index in [-0.39, 0.29) is 12.0 Å². The van der Waals surface area contributed by atoms with Crippen LogP contribution in [0.3, 0.4) is 0 Å². The fourth-order valence-corrected chi connectivity index (χ4v) is 5.82. The van der Waals surface area contributed by atoms with Crippen molar-refractivity contribution in [3.63, 3.8) is 0 Å². The summed E-state index contributed by atoms with van der Waals surface area (Å²) in [4.78, 5) is 23.9. The van der Waals surface area contributed by atoms with Gasteiger partial charge in [0.15, 0.2) is 0 Å². The average Bonchev–Trinajstić information content (AvgIpc) is 3.05. The second kappa shape index (κ2) is 8.71. The molecule has 5 nitrogen and oxygen atoms in total. The first-order chi connectivity index (χ1) is 14.0. The van der Waals surface area contributed by atoms with E-state index in [4.69, 9.17) is 4.74 Å². The van der Waals surface area contributed by atoms with Gasteiger partial charge in [0.25, 0.3) is 0 Å². The zero-order valence-electron chi connectivity index (χ0n) is 16.9. The molecule has 0 radical (unpaired) electrons. The second-order valence-corrected chi connectivity index (χ2v) is 9.79. The van der Waals surface area contributed by atoms with Crippen LogP contribution >= 0.6 is 23.1 Å². The summed E-state index contributed by atoms with van der Waals surface area (Å²) in [6.07, 6.45) is 5.14. The van der Waals surface area contributed by atoms with Crippen molar-refractivity contribution < 1.29 is 9.53 Å². The highest BCUT2D eigenvalue weighted by atomic mass is 32.2. The van der Waals surface area contributed by atoms with Crippen molar-refractivity contribution in [3.8, 4) is 5.75 Å². The summed E-state index contributed by atoms with van der Waals surface area (Å²) in [7, 11) is 0. The summed E-state index contributed by atoms with van der Waals surface area (Å²) in [6.45, 7) is 6.28. The molecule has 1 aliphatic rings. The lowest BCUT2D eigenvalue weighted by Gasteiger charge is -2.18. The summed E-state index contributed by atoms with van der Waals surface area (Å²) in [5.41, 5.74) is 2.16. The SMILES string of the molecule is CC1CCc2c(sc3ncnc(SCC(=O)Nc4ccc(OC(C)C)cc4)c23)C1. The topological polar surface area (TPSA) is 64.1 Å². The maximum Gasteiger partial charge on any atom is 0.234 e. The number of ether oxygens (including phenoxy) is 1. The fraction of sp³-hybridized carbons (Fsp3) is 0.409. The number of carbonyl (C=O) groups excluding carboxylic acids is 1. The highest BCUT2D eigenvalue weighted by Crippen LogP contribution is 2.40. The van der Waals surface area contributed by atoms with Gasteiger partial charge >= 0.3 is 0 Å². The van der Waals surface area contributed by atoms with E-state index in [0.29, 0.717) is 5.75 Å². The van der Waals surface area contributed by atoms with Crippen molar-refractivity contribution in [1.82, 2.24) is 9.97 Å². The van der Waals surface area contributed by atoms with Gasteiger partial charge in [-0.1, -0.05) is 18.7 Å². The molecule has 0 saturated heterocycles. The molecule has 1 unspecified atom stereocenters. The van der Waals surface area contributed by atoms with Crippen LogP contribution < -0.4 is 10.1 Å².